The molecule has 2 aliphatic heterocycles. The molecule has 33 heavy (non-hydrogen) atoms. The van der Waals surface area contributed by atoms with Crippen LogP contribution in [0.1, 0.15) is 52.9 Å². The summed E-state index contributed by atoms with van der Waals surface area (Å²) in [5, 5.41) is 0. The molecular weight excluding hydrogens is 475 g/mol. The Morgan fingerprint density at radius 3 is 2.33 bits per heavy atom. The molecule has 10 nitrogen and oxygen atoms in total. The van der Waals surface area contributed by atoms with E-state index in [0.29, 0.717) is 6.42 Å². The maximum atomic E-state index is 12.9. The predicted octanol–water partition coefficient (Wildman–Crippen LogP) is 1.48. The molecule has 2 rings (SSSR count). The summed E-state index contributed by atoms with van der Waals surface area (Å²) in [6.07, 6.45) is -9.60. The third-order valence-electron chi connectivity index (χ3n) is 5.72. The lowest BCUT2D eigenvalue weighted by Gasteiger charge is -2.38. The Kier molecular flexibility index (Phi) is 8.06. The van der Waals surface area contributed by atoms with Crippen LogP contribution < -0.4 is 0 Å². The van der Waals surface area contributed by atoms with Crippen molar-refractivity contribution in [3.63, 3.8) is 0 Å². The van der Waals surface area contributed by atoms with Crippen molar-refractivity contribution in [2.75, 3.05) is 18.8 Å². The van der Waals surface area contributed by atoms with Crippen molar-refractivity contribution in [1.29, 1.82) is 0 Å². The lowest BCUT2D eigenvalue weighted by Crippen LogP contribution is -2.48. The SMILES string of the molecule is CCC(C)(C)CC(=O)N1CCC2(CC1)OC(=O)C(CC(=O)OC(CS(=O)(=O)[O-])C(F)(F)F)O2. The van der Waals surface area contributed by atoms with Crippen LogP contribution in [-0.4, -0.2) is 78.7 Å². The molecule has 0 aromatic carbocycles. The van der Waals surface area contributed by atoms with Crippen LogP contribution in [-0.2, 0) is 38.7 Å². The van der Waals surface area contributed by atoms with Crippen LogP contribution in [0.15, 0.2) is 0 Å². The van der Waals surface area contributed by atoms with Gasteiger partial charge >= 0.3 is 18.1 Å². The van der Waals surface area contributed by atoms with Gasteiger partial charge in [0.2, 0.25) is 17.8 Å². The van der Waals surface area contributed by atoms with Gasteiger partial charge in [-0.2, -0.15) is 13.2 Å². The van der Waals surface area contributed by atoms with Crippen LogP contribution >= 0.6 is 0 Å². The molecule has 0 N–H and O–H groups in total. The molecule has 2 saturated heterocycles. The summed E-state index contributed by atoms with van der Waals surface area (Å²) in [5.74, 6) is -6.03. The predicted molar refractivity (Wildman–Crippen MR) is 103 cm³/mol. The van der Waals surface area contributed by atoms with E-state index < -0.39 is 58.4 Å². The zero-order valence-electron chi connectivity index (χ0n) is 18.5. The van der Waals surface area contributed by atoms with Gasteiger partial charge in [0.1, 0.15) is 0 Å². The maximum Gasteiger partial charge on any atom is 0.426 e. The van der Waals surface area contributed by atoms with Gasteiger partial charge in [-0.1, -0.05) is 27.2 Å². The topological polar surface area (TPSA) is 139 Å². The number of carbonyl (C=O) groups is 3. The minimum Gasteiger partial charge on any atom is -0.748 e. The van der Waals surface area contributed by atoms with Crippen LogP contribution in [0.5, 0.6) is 0 Å². The molecule has 2 aliphatic rings. The molecule has 0 aliphatic carbocycles. The van der Waals surface area contributed by atoms with Gasteiger partial charge in [-0.15, -0.1) is 0 Å². The van der Waals surface area contributed by atoms with Gasteiger partial charge in [0.15, 0.2) is 6.10 Å². The first-order valence-corrected chi connectivity index (χ1v) is 11.9. The summed E-state index contributed by atoms with van der Waals surface area (Å²) < 4.78 is 85.5. The summed E-state index contributed by atoms with van der Waals surface area (Å²) in [6, 6.07) is 0. The lowest BCUT2D eigenvalue weighted by molar-refractivity contribution is -0.218. The first kappa shape index (κ1) is 27.3. The molecule has 190 valence electrons. The maximum absolute atomic E-state index is 12.9. The standard InChI is InChI=1S/C19H28F3NO9S/c1-4-17(2,3)10-14(24)23-7-5-18(6-8-23)31-12(16(26)32-18)9-15(25)30-13(19(20,21)22)11-33(27,28)29/h12-13H,4-11H2,1-3H3,(H,27,28,29)/p-1. The highest BCUT2D eigenvalue weighted by Crippen LogP contribution is 2.37. The normalized spacial score (nSPS) is 22.2. The molecule has 1 spiro atoms. The Labute approximate surface area is 189 Å². The van der Waals surface area contributed by atoms with E-state index in [-0.39, 0.29) is 37.3 Å². The van der Waals surface area contributed by atoms with Gasteiger partial charge < -0.3 is 23.7 Å². The summed E-state index contributed by atoms with van der Waals surface area (Å²) >= 11 is 0. The third kappa shape index (κ3) is 7.81. The van der Waals surface area contributed by atoms with Crippen LogP contribution in [0.4, 0.5) is 13.2 Å². The Hall–Kier alpha value is -1.93. The second-order valence-corrected chi connectivity index (χ2v) is 10.4. The lowest BCUT2D eigenvalue weighted by atomic mass is 9.85. The van der Waals surface area contributed by atoms with Crippen LogP contribution in [0.25, 0.3) is 0 Å². The van der Waals surface area contributed by atoms with E-state index in [0.717, 1.165) is 6.42 Å². The number of piperidine rings is 1. The fourth-order valence-corrected chi connectivity index (χ4v) is 4.04. The number of ether oxygens (including phenoxy) is 3. The molecule has 2 atom stereocenters. The van der Waals surface area contributed by atoms with Crippen molar-refractivity contribution in [2.45, 2.75) is 77.0 Å². The van der Waals surface area contributed by atoms with Crippen LogP contribution in [0, 0.1) is 5.41 Å². The molecule has 0 saturated carbocycles. The number of nitrogens with zero attached hydrogens (tertiary/aromatic N) is 1. The number of amides is 1. The van der Waals surface area contributed by atoms with Crippen molar-refractivity contribution in [2.24, 2.45) is 5.41 Å². The average molecular weight is 502 g/mol. The Balaban J connectivity index is 1.93. The molecule has 0 aromatic heterocycles. The molecular formula is C19H27F3NO9S-. The van der Waals surface area contributed by atoms with E-state index in [9.17, 15) is 40.5 Å². The molecule has 2 heterocycles. The monoisotopic (exact) mass is 502 g/mol. The largest absolute Gasteiger partial charge is 0.748 e. The highest BCUT2D eigenvalue weighted by Gasteiger charge is 2.51. The molecule has 14 heteroatoms. The molecule has 0 bridgehead atoms. The van der Waals surface area contributed by atoms with E-state index in [1.54, 1.807) is 4.90 Å². The third-order valence-corrected chi connectivity index (χ3v) is 6.43. The fourth-order valence-electron chi connectivity index (χ4n) is 3.41. The van der Waals surface area contributed by atoms with Crippen molar-refractivity contribution in [3.05, 3.63) is 0 Å². The summed E-state index contributed by atoms with van der Waals surface area (Å²) in [7, 11) is -5.34. The van der Waals surface area contributed by atoms with Crippen molar-refractivity contribution in [3.8, 4) is 0 Å². The molecule has 2 fully saturated rings. The zero-order chi connectivity index (χ0) is 25.2. The highest BCUT2D eigenvalue weighted by molar-refractivity contribution is 7.85. The number of alkyl halides is 3. The van der Waals surface area contributed by atoms with Crippen molar-refractivity contribution < 1.29 is 54.7 Å². The number of halogens is 3. The Morgan fingerprint density at radius 2 is 1.85 bits per heavy atom. The summed E-state index contributed by atoms with van der Waals surface area (Å²) in [6.45, 7) is 6.36. The van der Waals surface area contributed by atoms with E-state index in [1.807, 2.05) is 20.8 Å². The van der Waals surface area contributed by atoms with E-state index >= 15 is 0 Å². The molecule has 0 radical (unpaired) electrons. The quantitative estimate of drug-likeness (QED) is 0.357. The number of esters is 2. The number of hydrogen-bond acceptors (Lipinski definition) is 9. The van der Waals surface area contributed by atoms with E-state index in [1.165, 1.54) is 0 Å². The van der Waals surface area contributed by atoms with Gasteiger partial charge in [-0.3, -0.25) is 9.59 Å². The van der Waals surface area contributed by atoms with Gasteiger partial charge in [-0.25, -0.2) is 13.2 Å². The fraction of sp³-hybridized carbons (Fsp3) is 0.842. The van der Waals surface area contributed by atoms with Crippen LogP contribution in [0.2, 0.25) is 0 Å². The minimum atomic E-state index is -5.34. The van der Waals surface area contributed by atoms with Crippen molar-refractivity contribution in [1.82, 2.24) is 4.90 Å². The van der Waals surface area contributed by atoms with Crippen LogP contribution in [0.3, 0.4) is 0 Å². The minimum absolute atomic E-state index is 0.0623. The summed E-state index contributed by atoms with van der Waals surface area (Å²) in [4.78, 5) is 38.1. The van der Waals surface area contributed by atoms with E-state index in [4.69, 9.17) is 9.47 Å². The van der Waals surface area contributed by atoms with Gasteiger partial charge in [0.05, 0.1) is 22.3 Å². The zero-order valence-corrected chi connectivity index (χ0v) is 19.3. The smallest absolute Gasteiger partial charge is 0.426 e. The van der Waals surface area contributed by atoms with Gasteiger partial charge in [0, 0.05) is 32.4 Å². The number of rotatable bonds is 8. The van der Waals surface area contributed by atoms with E-state index in [2.05, 4.69) is 4.74 Å². The number of carbonyl (C=O) groups excluding carboxylic acids is 3. The van der Waals surface area contributed by atoms with Gasteiger partial charge in [-0.05, 0) is 5.41 Å². The molecule has 0 aromatic rings. The molecule has 2 unspecified atom stereocenters. The van der Waals surface area contributed by atoms with Gasteiger partial charge in [0.25, 0.3) is 0 Å². The first-order valence-electron chi connectivity index (χ1n) is 10.3. The molecule has 1 amide bonds. The Morgan fingerprint density at radius 1 is 1.27 bits per heavy atom. The second-order valence-electron chi connectivity index (χ2n) is 8.96. The Bertz CT molecular complexity index is 864. The average Bonchev–Trinajstić information content (AvgIpc) is 2.94. The first-order chi connectivity index (χ1) is 15.0. The highest BCUT2D eigenvalue weighted by atomic mass is 32.2. The number of hydrogen-bond donors (Lipinski definition) is 0. The summed E-state index contributed by atoms with van der Waals surface area (Å²) in [5.41, 5.74) is -0.173. The number of likely N-dealkylation sites (tertiary alicyclic amines) is 1. The van der Waals surface area contributed by atoms with Crippen molar-refractivity contribution >= 4 is 28.0 Å². The second kappa shape index (κ2) is 9.74.